The molecule has 162 valence electrons. The van der Waals surface area contributed by atoms with Gasteiger partial charge in [-0.3, -0.25) is 0 Å². The van der Waals surface area contributed by atoms with Crippen LogP contribution in [-0.4, -0.2) is 33.8 Å². The molecule has 0 atom stereocenters. The van der Waals surface area contributed by atoms with Gasteiger partial charge in [0.25, 0.3) is 0 Å². The summed E-state index contributed by atoms with van der Waals surface area (Å²) in [5.74, 6) is 0.622. The van der Waals surface area contributed by atoms with Crippen LogP contribution in [0.25, 0.3) is 11.3 Å². The number of carbonyl (C=O) groups excluding carboxylic acids is 1. The summed E-state index contributed by atoms with van der Waals surface area (Å²) in [6.45, 7) is 3.45. The van der Waals surface area contributed by atoms with Crippen molar-refractivity contribution in [2.45, 2.75) is 26.3 Å². The first-order valence-corrected chi connectivity index (χ1v) is 10.6. The second-order valence-corrected chi connectivity index (χ2v) is 7.81. The lowest BCUT2D eigenvalue weighted by Crippen LogP contribution is -2.40. The highest BCUT2D eigenvalue weighted by Gasteiger charge is 2.30. The predicted octanol–water partition coefficient (Wildman–Crippen LogP) is 4.96. The van der Waals surface area contributed by atoms with E-state index in [2.05, 4.69) is 10.4 Å². The van der Waals surface area contributed by atoms with E-state index in [0.717, 1.165) is 29.7 Å². The standard InChI is InChI=1S/C24H27FN4O2/c1-3-26-24(30)29(15-17-13-14-17)16-19-22(18-9-5-4-6-10-18)27-28(2)23(19)31-21-12-8-7-11-20(21)25/h4-12,17H,3,13-16H2,1-2H3,(H,26,30). The molecule has 1 heterocycles. The molecule has 4 rings (SSSR count). The molecule has 7 heteroatoms. The molecule has 0 unspecified atom stereocenters. The first-order valence-electron chi connectivity index (χ1n) is 10.6. The van der Waals surface area contributed by atoms with Crippen LogP contribution in [0.1, 0.15) is 25.3 Å². The van der Waals surface area contributed by atoms with Crippen LogP contribution in [0.15, 0.2) is 54.6 Å². The van der Waals surface area contributed by atoms with Crippen molar-refractivity contribution in [3.8, 4) is 22.9 Å². The molecule has 6 nitrogen and oxygen atoms in total. The molecular weight excluding hydrogens is 395 g/mol. The van der Waals surface area contributed by atoms with Gasteiger partial charge in [0, 0.05) is 25.7 Å². The van der Waals surface area contributed by atoms with Gasteiger partial charge in [0.05, 0.1) is 12.1 Å². The third-order valence-electron chi connectivity index (χ3n) is 5.32. The third-order valence-corrected chi connectivity index (χ3v) is 5.32. The van der Waals surface area contributed by atoms with Crippen LogP contribution in [0.5, 0.6) is 11.6 Å². The van der Waals surface area contributed by atoms with Gasteiger partial charge < -0.3 is 15.0 Å². The van der Waals surface area contributed by atoms with Gasteiger partial charge in [-0.25, -0.2) is 13.9 Å². The molecular formula is C24H27FN4O2. The van der Waals surface area contributed by atoms with Gasteiger partial charge in [-0.2, -0.15) is 5.10 Å². The third kappa shape index (κ3) is 4.87. The average Bonchev–Trinajstić information content (AvgIpc) is 3.54. The molecule has 1 aromatic heterocycles. The number of ether oxygens (including phenoxy) is 1. The fraction of sp³-hybridized carbons (Fsp3) is 0.333. The maximum atomic E-state index is 14.3. The Morgan fingerprint density at radius 3 is 2.58 bits per heavy atom. The number of aromatic nitrogens is 2. The minimum absolute atomic E-state index is 0.117. The predicted molar refractivity (Wildman–Crippen MR) is 117 cm³/mol. The van der Waals surface area contributed by atoms with Gasteiger partial charge in [-0.15, -0.1) is 0 Å². The number of halogens is 1. The van der Waals surface area contributed by atoms with Crippen molar-refractivity contribution in [1.29, 1.82) is 0 Å². The molecule has 1 aliphatic carbocycles. The SMILES string of the molecule is CCNC(=O)N(Cc1c(-c2ccccc2)nn(C)c1Oc1ccccc1F)CC1CC1. The quantitative estimate of drug-likeness (QED) is 0.558. The number of nitrogens with one attached hydrogen (secondary N) is 1. The highest BCUT2D eigenvalue weighted by Crippen LogP contribution is 2.36. The smallest absolute Gasteiger partial charge is 0.317 e. The first kappa shape index (κ1) is 20.9. The van der Waals surface area contributed by atoms with Gasteiger partial charge in [-0.1, -0.05) is 42.5 Å². The Labute approximate surface area is 181 Å². The van der Waals surface area contributed by atoms with E-state index in [9.17, 15) is 9.18 Å². The molecule has 1 saturated carbocycles. The fourth-order valence-corrected chi connectivity index (χ4v) is 3.57. The molecule has 0 aliphatic heterocycles. The topological polar surface area (TPSA) is 59.4 Å². The number of rotatable bonds is 8. The average molecular weight is 423 g/mol. The van der Waals surface area contributed by atoms with Crippen molar-refractivity contribution in [3.63, 3.8) is 0 Å². The van der Waals surface area contributed by atoms with E-state index in [-0.39, 0.29) is 11.8 Å². The molecule has 1 N–H and O–H groups in total. The van der Waals surface area contributed by atoms with Gasteiger partial charge in [0.2, 0.25) is 5.88 Å². The molecule has 2 aromatic carbocycles. The number of amides is 2. The normalized spacial score (nSPS) is 13.1. The van der Waals surface area contributed by atoms with E-state index in [1.165, 1.54) is 6.07 Å². The van der Waals surface area contributed by atoms with Crippen molar-refractivity contribution in [1.82, 2.24) is 20.0 Å². The van der Waals surface area contributed by atoms with Gasteiger partial charge in [0.1, 0.15) is 5.69 Å². The first-order chi connectivity index (χ1) is 15.1. The van der Waals surface area contributed by atoms with Crippen LogP contribution in [0.4, 0.5) is 9.18 Å². The molecule has 0 saturated heterocycles. The number of carbonyl (C=O) groups is 1. The lowest BCUT2D eigenvalue weighted by molar-refractivity contribution is 0.192. The molecule has 1 fully saturated rings. The van der Waals surface area contributed by atoms with Crippen LogP contribution in [-0.2, 0) is 13.6 Å². The molecule has 1 aliphatic rings. The number of hydrogen-bond donors (Lipinski definition) is 1. The van der Waals surface area contributed by atoms with Gasteiger partial charge in [0.15, 0.2) is 11.6 Å². The molecule has 0 spiro atoms. The summed E-state index contributed by atoms with van der Waals surface area (Å²) in [6, 6.07) is 15.9. The summed E-state index contributed by atoms with van der Waals surface area (Å²) < 4.78 is 21.9. The van der Waals surface area contributed by atoms with E-state index < -0.39 is 5.82 Å². The van der Waals surface area contributed by atoms with Crippen LogP contribution < -0.4 is 10.1 Å². The highest BCUT2D eigenvalue weighted by atomic mass is 19.1. The highest BCUT2D eigenvalue weighted by molar-refractivity contribution is 5.75. The summed E-state index contributed by atoms with van der Waals surface area (Å²) in [4.78, 5) is 14.6. The lowest BCUT2D eigenvalue weighted by Gasteiger charge is -2.23. The lowest BCUT2D eigenvalue weighted by atomic mass is 10.1. The Bertz CT molecular complexity index is 1050. The number of aryl methyl sites for hydroxylation is 1. The summed E-state index contributed by atoms with van der Waals surface area (Å²) in [7, 11) is 1.77. The monoisotopic (exact) mass is 422 g/mol. The summed E-state index contributed by atoms with van der Waals surface area (Å²) >= 11 is 0. The number of nitrogens with zero attached hydrogens (tertiary/aromatic N) is 3. The van der Waals surface area contributed by atoms with Crippen molar-refractivity contribution in [2.24, 2.45) is 13.0 Å². The van der Waals surface area contributed by atoms with Crippen molar-refractivity contribution < 1.29 is 13.9 Å². The number of benzene rings is 2. The summed E-state index contributed by atoms with van der Waals surface area (Å²) in [5, 5.41) is 7.57. The zero-order valence-electron chi connectivity index (χ0n) is 17.8. The van der Waals surface area contributed by atoms with Crippen LogP contribution in [0, 0.1) is 11.7 Å². The minimum Gasteiger partial charge on any atom is -0.436 e. The fourth-order valence-electron chi connectivity index (χ4n) is 3.57. The van der Waals surface area contributed by atoms with Crippen LogP contribution in [0.2, 0.25) is 0 Å². The van der Waals surface area contributed by atoms with Crippen molar-refractivity contribution in [3.05, 3.63) is 66.0 Å². The molecule has 0 radical (unpaired) electrons. The van der Waals surface area contributed by atoms with E-state index in [4.69, 9.17) is 4.74 Å². The minimum atomic E-state index is -0.450. The Balaban J connectivity index is 1.75. The van der Waals surface area contributed by atoms with Crippen LogP contribution >= 0.6 is 0 Å². The maximum Gasteiger partial charge on any atom is 0.317 e. The van der Waals surface area contributed by atoms with Crippen LogP contribution in [0.3, 0.4) is 0 Å². The number of hydrogen-bond acceptors (Lipinski definition) is 3. The number of urea groups is 1. The Kier molecular flexibility index (Phi) is 6.21. The largest absolute Gasteiger partial charge is 0.436 e. The van der Waals surface area contributed by atoms with Gasteiger partial charge in [-0.05, 0) is 37.8 Å². The van der Waals surface area contributed by atoms with E-state index in [1.54, 1.807) is 34.8 Å². The molecule has 0 bridgehead atoms. The Morgan fingerprint density at radius 1 is 1.19 bits per heavy atom. The number of para-hydroxylation sites is 1. The summed E-state index contributed by atoms with van der Waals surface area (Å²) in [5.41, 5.74) is 2.39. The molecule has 2 amide bonds. The second-order valence-electron chi connectivity index (χ2n) is 7.81. The molecule has 3 aromatic rings. The Morgan fingerprint density at radius 2 is 1.90 bits per heavy atom. The molecule has 31 heavy (non-hydrogen) atoms. The second kappa shape index (κ2) is 9.20. The van der Waals surface area contributed by atoms with E-state index in [1.807, 2.05) is 37.3 Å². The summed E-state index contributed by atoms with van der Waals surface area (Å²) in [6.07, 6.45) is 2.26. The van der Waals surface area contributed by atoms with Crippen molar-refractivity contribution >= 4 is 6.03 Å². The zero-order chi connectivity index (χ0) is 21.8. The van der Waals surface area contributed by atoms with E-state index >= 15 is 0 Å². The van der Waals surface area contributed by atoms with Crippen molar-refractivity contribution in [2.75, 3.05) is 13.1 Å². The Hall–Kier alpha value is -3.35. The maximum absolute atomic E-state index is 14.3. The van der Waals surface area contributed by atoms with E-state index in [0.29, 0.717) is 31.4 Å². The zero-order valence-corrected chi connectivity index (χ0v) is 17.8. The van der Waals surface area contributed by atoms with Gasteiger partial charge >= 0.3 is 6.03 Å².